The summed E-state index contributed by atoms with van der Waals surface area (Å²) in [6.07, 6.45) is 5.10. The van der Waals surface area contributed by atoms with E-state index in [9.17, 15) is 13.2 Å². The Morgan fingerprint density at radius 3 is 2.76 bits per heavy atom. The molecule has 0 saturated carbocycles. The van der Waals surface area contributed by atoms with Crippen molar-refractivity contribution in [2.24, 2.45) is 5.92 Å². The molecule has 0 bridgehead atoms. The number of alkyl halides is 2. The molecule has 1 aliphatic heterocycles. The quantitative estimate of drug-likeness (QED) is 0.248. The number of aromatic nitrogens is 7. The van der Waals surface area contributed by atoms with E-state index in [0.29, 0.717) is 65.7 Å². The minimum atomic E-state index is -2.29. The summed E-state index contributed by atoms with van der Waals surface area (Å²) >= 11 is 0. The second-order valence-corrected chi connectivity index (χ2v) is 10.4. The van der Waals surface area contributed by atoms with E-state index in [1.165, 1.54) is 19.2 Å². The fourth-order valence-electron chi connectivity index (χ4n) is 5.52. The van der Waals surface area contributed by atoms with E-state index in [4.69, 9.17) is 9.72 Å². The molecule has 9 nitrogen and oxygen atoms in total. The lowest BCUT2D eigenvalue weighted by molar-refractivity contribution is 0.0803. The minimum Gasteiger partial charge on any atom is -0.497 e. The minimum absolute atomic E-state index is 0.383. The Morgan fingerprint density at radius 1 is 1.05 bits per heavy atom. The second-order valence-electron chi connectivity index (χ2n) is 10.4. The van der Waals surface area contributed by atoms with Gasteiger partial charge in [0, 0.05) is 66.6 Å². The molecule has 212 valence electrons. The predicted octanol–water partition coefficient (Wildman–Crippen LogP) is 5.86. The smallest absolute Gasteiger partial charge is 0.242 e. The lowest BCUT2D eigenvalue weighted by Gasteiger charge is -2.16. The van der Waals surface area contributed by atoms with Crippen LogP contribution in [0.5, 0.6) is 5.75 Å². The molecule has 12 heteroatoms. The fraction of sp³-hybridized carbons (Fsp3) is 0.233. The molecule has 1 fully saturated rings. The zero-order valence-electron chi connectivity index (χ0n) is 22.5. The SMILES string of the molecule is COc1cc(F)cc(-c2nccc3[nH]c(-c4[nH]nc5ncc(-c6cncc(CN7CCC(C(F)F)C7)c6)cc45)nc23)c1. The van der Waals surface area contributed by atoms with Gasteiger partial charge in [-0.3, -0.25) is 20.0 Å². The summed E-state index contributed by atoms with van der Waals surface area (Å²) in [6.45, 7) is 1.59. The van der Waals surface area contributed by atoms with Crippen LogP contribution in [0.2, 0.25) is 0 Å². The molecule has 7 rings (SSSR count). The number of likely N-dealkylation sites (tertiary alicyclic amines) is 1. The highest BCUT2D eigenvalue weighted by molar-refractivity contribution is 5.96. The zero-order chi connectivity index (χ0) is 28.8. The Labute approximate surface area is 237 Å². The third-order valence-electron chi connectivity index (χ3n) is 7.63. The molecule has 0 aliphatic carbocycles. The molecule has 1 atom stereocenters. The number of aromatic amines is 2. The Morgan fingerprint density at radius 2 is 1.93 bits per heavy atom. The molecule has 5 aromatic heterocycles. The van der Waals surface area contributed by atoms with Crippen LogP contribution in [-0.2, 0) is 6.54 Å². The van der Waals surface area contributed by atoms with Gasteiger partial charge < -0.3 is 9.72 Å². The van der Waals surface area contributed by atoms with Gasteiger partial charge in [0.2, 0.25) is 6.43 Å². The maximum absolute atomic E-state index is 14.3. The maximum Gasteiger partial charge on any atom is 0.242 e. The first kappa shape index (κ1) is 26.1. The first-order valence-corrected chi connectivity index (χ1v) is 13.4. The molecule has 6 heterocycles. The molecule has 1 aromatic carbocycles. The van der Waals surface area contributed by atoms with E-state index in [2.05, 4.69) is 30.1 Å². The van der Waals surface area contributed by atoms with E-state index in [1.807, 2.05) is 17.0 Å². The second kappa shape index (κ2) is 10.5. The lowest BCUT2D eigenvalue weighted by Crippen LogP contribution is -2.22. The molecule has 42 heavy (non-hydrogen) atoms. The number of ether oxygens (including phenoxy) is 1. The molecule has 0 spiro atoms. The maximum atomic E-state index is 14.3. The molecule has 0 amide bonds. The molecular formula is C30H25F3N8O. The third-order valence-corrected chi connectivity index (χ3v) is 7.63. The van der Waals surface area contributed by atoms with Crippen molar-refractivity contribution >= 4 is 22.1 Å². The molecule has 6 aromatic rings. The number of nitrogens with one attached hydrogen (secondary N) is 2. The van der Waals surface area contributed by atoms with Crippen LogP contribution in [0.3, 0.4) is 0 Å². The molecule has 1 unspecified atom stereocenters. The molecule has 2 N–H and O–H groups in total. The number of imidazole rings is 1. The molecule has 0 radical (unpaired) electrons. The summed E-state index contributed by atoms with van der Waals surface area (Å²) in [5.74, 6) is -0.102. The van der Waals surface area contributed by atoms with Gasteiger partial charge in [-0.15, -0.1) is 0 Å². The van der Waals surface area contributed by atoms with Gasteiger partial charge in [0.25, 0.3) is 0 Å². The molecule has 1 aliphatic rings. The molecular weight excluding hydrogens is 545 g/mol. The van der Waals surface area contributed by atoms with Crippen molar-refractivity contribution in [1.29, 1.82) is 0 Å². The van der Waals surface area contributed by atoms with Crippen molar-refractivity contribution in [3.63, 3.8) is 0 Å². The number of hydrogen-bond acceptors (Lipinski definition) is 7. The number of fused-ring (bicyclic) bond motifs is 2. The van der Waals surface area contributed by atoms with E-state index in [1.54, 1.807) is 36.9 Å². The lowest BCUT2D eigenvalue weighted by atomic mass is 10.1. The standard InChI is InChI=1S/C30H25F3N8O/c1-42-22-8-18(7-21(31)10-22)25-27-24(2-4-35-25)37-30(38-27)26-23-9-20(13-36-29(23)40-39-26)19-6-16(11-34-12-19)14-41-5-3-17(15-41)28(32)33/h2,4,6-13,17,28H,3,5,14-15H2,1H3,(H,37,38)(H,36,39,40). The summed E-state index contributed by atoms with van der Waals surface area (Å²) in [7, 11) is 1.48. The number of pyridine rings is 3. The van der Waals surface area contributed by atoms with Crippen molar-refractivity contribution in [3.05, 3.63) is 72.6 Å². The van der Waals surface area contributed by atoms with Crippen molar-refractivity contribution in [3.8, 4) is 39.7 Å². The summed E-state index contributed by atoms with van der Waals surface area (Å²) in [5, 5.41) is 8.15. The number of nitrogens with zero attached hydrogens (tertiary/aromatic N) is 6. The summed E-state index contributed by atoms with van der Waals surface area (Å²) in [6, 6.07) is 10.2. The Kier molecular flexibility index (Phi) is 6.54. The average molecular weight is 571 g/mol. The van der Waals surface area contributed by atoms with Crippen molar-refractivity contribution < 1.29 is 17.9 Å². The van der Waals surface area contributed by atoms with E-state index in [-0.39, 0.29) is 0 Å². The molecule has 1 saturated heterocycles. The van der Waals surface area contributed by atoms with Gasteiger partial charge in [0.15, 0.2) is 11.5 Å². The van der Waals surface area contributed by atoms with Crippen LogP contribution < -0.4 is 4.74 Å². The van der Waals surface area contributed by atoms with Crippen molar-refractivity contribution in [2.75, 3.05) is 20.2 Å². The zero-order valence-corrected chi connectivity index (χ0v) is 22.5. The predicted molar refractivity (Wildman–Crippen MR) is 151 cm³/mol. The van der Waals surface area contributed by atoms with E-state index in [0.717, 1.165) is 27.6 Å². The Hall–Kier alpha value is -4.84. The van der Waals surface area contributed by atoms with Gasteiger partial charge in [-0.2, -0.15) is 5.10 Å². The highest BCUT2D eigenvalue weighted by atomic mass is 19.3. The first-order valence-electron chi connectivity index (χ1n) is 13.4. The monoisotopic (exact) mass is 570 g/mol. The van der Waals surface area contributed by atoms with Crippen LogP contribution in [0.25, 0.3) is 56.0 Å². The van der Waals surface area contributed by atoms with Crippen LogP contribution in [-0.4, -0.2) is 66.6 Å². The summed E-state index contributed by atoms with van der Waals surface area (Å²) < 4.78 is 45.7. The number of hydrogen-bond donors (Lipinski definition) is 2. The topological polar surface area (TPSA) is 108 Å². The normalized spacial score (nSPS) is 15.8. The number of rotatable bonds is 7. The fourth-order valence-corrected chi connectivity index (χ4v) is 5.52. The highest BCUT2D eigenvalue weighted by Gasteiger charge is 2.29. The van der Waals surface area contributed by atoms with Crippen LogP contribution in [0.1, 0.15) is 12.0 Å². The Bertz CT molecular complexity index is 1920. The van der Waals surface area contributed by atoms with Gasteiger partial charge in [0.05, 0.1) is 23.7 Å². The highest BCUT2D eigenvalue weighted by Crippen LogP contribution is 2.33. The van der Waals surface area contributed by atoms with Gasteiger partial charge in [-0.05, 0) is 48.9 Å². The van der Waals surface area contributed by atoms with Crippen LogP contribution in [0.15, 0.2) is 61.2 Å². The van der Waals surface area contributed by atoms with E-state index >= 15 is 0 Å². The van der Waals surface area contributed by atoms with Gasteiger partial charge >= 0.3 is 0 Å². The van der Waals surface area contributed by atoms with Gasteiger partial charge in [-0.1, -0.05) is 0 Å². The summed E-state index contributed by atoms with van der Waals surface area (Å²) in [4.78, 5) is 23.6. The average Bonchev–Trinajstić information content (AvgIpc) is 3.74. The van der Waals surface area contributed by atoms with Crippen LogP contribution in [0.4, 0.5) is 13.2 Å². The van der Waals surface area contributed by atoms with Gasteiger partial charge in [0.1, 0.15) is 22.8 Å². The van der Waals surface area contributed by atoms with Crippen molar-refractivity contribution in [2.45, 2.75) is 19.4 Å². The van der Waals surface area contributed by atoms with Crippen LogP contribution >= 0.6 is 0 Å². The van der Waals surface area contributed by atoms with E-state index < -0.39 is 18.2 Å². The largest absolute Gasteiger partial charge is 0.497 e. The van der Waals surface area contributed by atoms with Crippen LogP contribution in [0, 0.1) is 11.7 Å². The van der Waals surface area contributed by atoms with Crippen molar-refractivity contribution in [1.82, 2.24) is 40.0 Å². The summed E-state index contributed by atoms with van der Waals surface area (Å²) in [5.41, 5.74) is 6.13. The van der Waals surface area contributed by atoms with Gasteiger partial charge in [-0.25, -0.2) is 23.1 Å². The first-order chi connectivity index (χ1) is 20.4. The number of halogens is 3. The Balaban J connectivity index is 1.22. The number of methoxy groups -OCH3 is 1. The number of benzene rings is 1. The number of H-pyrrole nitrogens is 2. The third kappa shape index (κ3) is 4.83.